The highest BCUT2D eigenvalue weighted by Crippen LogP contribution is 2.45. The fourth-order valence-electron chi connectivity index (χ4n) is 2.65. The number of rotatable bonds is 3. The molecule has 6 heteroatoms. The predicted molar refractivity (Wildman–Crippen MR) is 53.3 cm³/mol. The molecule has 0 aromatic rings. The maximum atomic E-state index is 12.1. The topological polar surface area (TPSA) is 34.1 Å². The van der Waals surface area contributed by atoms with Gasteiger partial charge in [-0.05, 0) is 37.0 Å². The van der Waals surface area contributed by atoms with Crippen LogP contribution < -0.4 is 0 Å². The molecule has 1 fully saturated rings. The lowest BCUT2D eigenvalue weighted by atomic mass is 9.91. The molecule has 3 atom stereocenters. The minimum absolute atomic E-state index is 0.118. The van der Waals surface area contributed by atoms with Gasteiger partial charge in [-0.3, -0.25) is 0 Å². The summed E-state index contributed by atoms with van der Waals surface area (Å²) >= 11 is 0. The van der Waals surface area contributed by atoms with Gasteiger partial charge in [0.2, 0.25) is 9.84 Å². The third-order valence-corrected chi connectivity index (χ3v) is 5.00. The summed E-state index contributed by atoms with van der Waals surface area (Å²) < 4.78 is 58.0. The smallest absolute Gasteiger partial charge is 0.220 e. The summed E-state index contributed by atoms with van der Waals surface area (Å²) in [6.45, 7) is 0. The van der Waals surface area contributed by atoms with Crippen LogP contribution in [0.15, 0.2) is 12.2 Å². The Morgan fingerprint density at radius 1 is 1.19 bits per heavy atom. The highest BCUT2D eigenvalue weighted by atomic mass is 32.2. The van der Waals surface area contributed by atoms with Crippen molar-refractivity contribution in [2.45, 2.75) is 24.8 Å². The standard InChI is InChI=1S/C10H13F3O2S/c11-10(12,13)16(14,15)4-3-9-6-7-1-2-8(9)5-7/h1-2,7-9H,3-6H2. The van der Waals surface area contributed by atoms with E-state index in [0.717, 1.165) is 12.8 Å². The lowest BCUT2D eigenvalue weighted by Gasteiger charge is -2.18. The second-order valence-electron chi connectivity index (χ2n) is 4.59. The maximum Gasteiger partial charge on any atom is 0.497 e. The normalized spacial score (nSPS) is 33.6. The summed E-state index contributed by atoms with van der Waals surface area (Å²) in [5.41, 5.74) is -5.10. The highest BCUT2D eigenvalue weighted by molar-refractivity contribution is 7.92. The Morgan fingerprint density at radius 3 is 2.31 bits per heavy atom. The second kappa shape index (κ2) is 3.75. The molecule has 0 N–H and O–H groups in total. The molecule has 0 heterocycles. The zero-order valence-corrected chi connectivity index (χ0v) is 9.39. The van der Waals surface area contributed by atoms with Crippen LogP contribution in [0.4, 0.5) is 13.2 Å². The van der Waals surface area contributed by atoms with Crippen molar-refractivity contribution in [2.75, 3.05) is 5.75 Å². The fraction of sp³-hybridized carbons (Fsp3) is 0.800. The van der Waals surface area contributed by atoms with Gasteiger partial charge in [-0.1, -0.05) is 12.2 Å². The van der Waals surface area contributed by atoms with E-state index >= 15 is 0 Å². The van der Waals surface area contributed by atoms with Crippen LogP contribution in [-0.2, 0) is 9.84 Å². The van der Waals surface area contributed by atoms with E-state index in [9.17, 15) is 21.6 Å². The second-order valence-corrected chi connectivity index (χ2v) is 6.69. The van der Waals surface area contributed by atoms with Crippen molar-refractivity contribution in [1.29, 1.82) is 0 Å². The van der Waals surface area contributed by atoms with Crippen LogP contribution in [0.2, 0.25) is 0 Å². The Morgan fingerprint density at radius 2 is 1.88 bits per heavy atom. The number of fused-ring (bicyclic) bond motifs is 2. The molecule has 0 aliphatic heterocycles. The van der Waals surface area contributed by atoms with Gasteiger partial charge in [-0.25, -0.2) is 8.42 Å². The molecule has 2 bridgehead atoms. The van der Waals surface area contributed by atoms with Gasteiger partial charge < -0.3 is 0 Å². The van der Waals surface area contributed by atoms with E-state index in [1.807, 2.05) is 6.08 Å². The van der Waals surface area contributed by atoms with Crippen LogP contribution in [0.3, 0.4) is 0 Å². The molecule has 0 aromatic carbocycles. The molecule has 0 saturated heterocycles. The molecule has 0 amide bonds. The van der Waals surface area contributed by atoms with Crippen molar-refractivity contribution in [3.05, 3.63) is 12.2 Å². The summed E-state index contributed by atoms with van der Waals surface area (Å²) in [7, 11) is -4.93. The van der Waals surface area contributed by atoms with Crippen LogP contribution in [0.5, 0.6) is 0 Å². The number of hydrogen-bond acceptors (Lipinski definition) is 2. The first kappa shape index (κ1) is 12.0. The molecule has 2 aliphatic rings. The minimum Gasteiger partial charge on any atom is -0.220 e. The van der Waals surface area contributed by atoms with Gasteiger partial charge in [0, 0.05) is 0 Å². The van der Waals surface area contributed by atoms with Crippen LogP contribution in [-0.4, -0.2) is 19.7 Å². The summed E-state index contributed by atoms with van der Waals surface area (Å²) in [5.74, 6) is 0.113. The number of sulfone groups is 1. The first-order valence-electron chi connectivity index (χ1n) is 5.27. The monoisotopic (exact) mass is 254 g/mol. The van der Waals surface area contributed by atoms with Crippen molar-refractivity contribution in [3.8, 4) is 0 Å². The van der Waals surface area contributed by atoms with Crippen molar-refractivity contribution >= 4 is 9.84 Å². The van der Waals surface area contributed by atoms with Crippen LogP contribution >= 0.6 is 0 Å². The van der Waals surface area contributed by atoms with Gasteiger partial charge in [-0.15, -0.1) is 0 Å². The zero-order valence-electron chi connectivity index (χ0n) is 8.57. The molecule has 16 heavy (non-hydrogen) atoms. The molecule has 3 unspecified atom stereocenters. The minimum atomic E-state index is -5.10. The lowest BCUT2D eigenvalue weighted by molar-refractivity contribution is -0.0436. The van der Waals surface area contributed by atoms with E-state index < -0.39 is 21.1 Å². The molecule has 1 saturated carbocycles. The highest BCUT2D eigenvalue weighted by Gasteiger charge is 2.46. The van der Waals surface area contributed by atoms with E-state index in [1.165, 1.54) is 0 Å². The molecule has 92 valence electrons. The van der Waals surface area contributed by atoms with E-state index in [4.69, 9.17) is 0 Å². The Hall–Kier alpha value is -0.520. The predicted octanol–water partition coefficient (Wildman–Crippen LogP) is 2.52. The van der Waals surface area contributed by atoms with E-state index in [2.05, 4.69) is 6.08 Å². The molecular formula is C10H13F3O2S. The van der Waals surface area contributed by atoms with Gasteiger partial charge in [0.15, 0.2) is 0 Å². The molecule has 0 aromatic heterocycles. The van der Waals surface area contributed by atoms with Gasteiger partial charge in [-0.2, -0.15) is 13.2 Å². The molecule has 2 aliphatic carbocycles. The van der Waals surface area contributed by atoms with Crippen molar-refractivity contribution in [3.63, 3.8) is 0 Å². The van der Waals surface area contributed by atoms with Gasteiger partial charge >= 0.3 is 5.51 Å². The first-order valence-corrected chi connectivity index (χ1v) is 6.92. The SMILES string of the molecule is O=S(=O)(CCC1CC2C=CC1C2)C(F)(F)F. The third kappa shape index (κ3) is 2.12. The Kier molecular flexibility index (Phi) is 2.80. The van der Waals surface area contributed by atoms with Crippen LogP contribution in [0, 0.1) is 17.8 Å². The zero-order chi connectivity index (χ0) is 12.0. The quantitative estimate of drug-likeness (QED) is 0.725. The Bertz CT molecular complexity index is 397. The summed E-state index contributed by atoms with van der Waals surface area (Å²) in [6, 6.07) is 0. The van der Waals surface area contributed by atoms with Gasteiger partial charge in [0.1, 0.15) is 0 Å². The molecule has 2 nitrogen and oxygen atoms in total. The average molecular weight is 254 g/mol. The molecule has 0 spiro atoms. The maximum absolute atomic E-state index is 12.1. The van der Waals surface area contributed by atoms with Crippen molar-refractivity contribution < 1.29 is 21.6 Å². The molecule has 2 rings (SSSR count). The van der Waals surface area contributed by atoms with E-state index in [-0.39, 0.29) is 12.3 Å². The third-order valence-electron chi connectivity index (χ3n) is 3.53. The van der Waals surface area contributed by atoms with Crippen molar-refractivity contribution in [1.82, 2.24) is 0 Å². The summed E-state index contributed by atoms with van der Waals surface area (Å²) in [5, 5.41) is 0. The summed E-state index contributed by atoms with van der Waals surface area (Å²) in [4.78, 5) is 0. The molecule has 0 radical (unpaired) electrons. The first-order chi connectivity index (χ1) is 7.29. The van der Waals surface area contributed by atoms with Crippen LogP contribution in [0.25, 0.3) is 0 Å². The van der Waals surface area contributed by atoms with Gasteiger partial charge in [0.25, 0.3) is 0 Å². The average Bonchev–Trinajstić information content (AvgIpc) is 2.73. The number of hydrogen-bond donors (Lipinski definition) is 0. The number of allylic oxidation sites excluding steroid dienone is 2. The Balaban J connectivity index is 1.92. The summed E-state index contributed by atoms with van der Waals surface area (Å²) in [6.07, 6.45) is 6.05. The number of alkyl halides is 3. The van der Waals surface area contributed by atoms with Crippen molar-refractivity contribution in [2.24, 2.45) is 17.8 Å². The Labute approximate surface area is 92.4 Å². The van der Waals surface area contributed by atoms with E-state index in [1.54, 1.807) is 0 Å². The largest absolute Gasteiger partial charge is 0.497 e. The van der Waals surface area contributed by atoms with Gasteiger partial charge in [0.05, 0.1) is 5.75 Å². The number of halogens is 3. The lowest BCUT2D eigenvalue weighted by Crippen LogP contribution is -2.27. The van der Waals surface area contributed by atoms with Crippen LogP contribution in [0.1, 0.15) is 19.3 Å². The molecular weight excluding hydrogens is 241 g/mol. The van der Waals surface area contributed by atoms with E-state index in [0.29, 0.717) is 11.8 Å². The fourth-order valence-corrected chi connectivity index (χ4v) is 3.49.